The Morgan fingerprint density at radius 3 is 3.04 bits per heavy atom. The number of hydrogen-bond donors (Lipinski definition) is 1. The van der Waals surface area contributed by atoms with Gasteiger partial charge in [-0.1, -0.05) is 19.1 Å². The molecular formula is C19H28N4O2. The molecule has 1 atom stereocenters. The third-order valence-corrected chi connectivity index (χ3v) is 4.76. The van der Waals surface area contributed by atoms with Crippen molar-refractivity contribution in [1.82, 2.24) is 14.9 Å². The summed E-state index contributed by atoms with van der Waals surface area (Å²) in [5, 5.41) is 2.97. The normalized spacial score (nSPS) is 17.8. The summed E-state index contributed by atoms with van der Waals surface area (Å²) < 4.78 is 7.30. The molecule has 1 saturated heterocycles. The number of imidazole rings is 1. The van der Waals surface area contributed by atoms with E-state index in [9.17, 15) is 4.79 Å². The van der Waals surface area contributed by atoms with Crippen molar-refractivity contribution in [2.24, 2.45) is 5.92 Å². The van der Waals surface area contributed by atoms with Gasteiger partial charge in [-0.15, -0.1) is 0 Å². The second-order valence-electron chi connectivity index (χ2n) is 6.62. The number of nitrogens with one attached hydrogen (secondary N) is 1. The van der Waals surface area contributed by atoms with Crippen LogP contribution in [0.15, 0.2) is 24.3 Å². The predicted octanol–water partition coefficient (Wildman–Crippen LogP) is 2.43. The van der Waals surface area contributed by atoms with Crippen LogP contribution in [0.3, 0.4) is 0 Å². The van der Waals surface area contributed by atoms with Crippen molar-refractivity contribution in [2.45, 2.75) is 32.7 Å². The van der Waals surface area contributed by atoms with E-state index in [0.29, 0.717) is 13.2 Å². The maximum atomic E-state index is 12.4. The number of methoxy groups -OCH3 is 1. The van der Waals surface area contributed by atoms with E-state index in [-0.39, 0.29) is 11.8 Å². The second kappa shape index (κ2) is 8.34. The largest absolute Gasteiger partial charge is 0.383 e. The molecule has 1 unspecified atom stereocenters. The number of aromatic nitrogens is 2. The van der Waals surface area contributed by atoms with Crippen molar-refractivity contribution in [3.05, 3.63) is 24.3 Å². The van der Waals surface area contributed by atoms with Crippen LogP contribution in [0.1, 0.15) is 26.2 Å². The summed E-state index contributed by atoms with van der Waals surface area (Å²) in [6, 6.07) is 8.27. The van der Waals surface area contributed by atoms with Crippen LogP contribution < -0.4 is 10.2 Å². The van der Waals surface area contributed by atoms with E-state index in [1.165, 1.54) is 5.52 Å². The summed E-state index contributed by atoms with van der Waals surface area (Å²) >= 11 is 0. The molecule has 1 aliphatic rings. The Hall–Kier alpha value is -2.08. The fraction of sp³-hybridized carbons (Fsp3) is 0.579. The fourth-order valence-corrected chi connectivity index (χ4v) is 3.54. The zero-order valence-corrected chi connectivity index (χ0v) is 15.2. The highest BCUT2D eigenvalue weighted by molar-refractivity contribution is 5.81. The van der Waals surface area contributed by atoms with E-state index in [1.807, 2.05) is 6.07 Å². The first-order valence-electron chi connectivity index (χ1n) is 9.21. The van der Waals surface area contributed by atoms with Gasteiger partial charge in [-0.2, -0.15) is 0 Å². The Kier molecular flexibility index (Phi) is 5.91. The van der Waals surface area contributed by atoms with E-state index in [2.05, 4.69) is 39.9 Å². The van der Waals surface area contributed by atoms with Gasteiger partial charge < -0.3 is 19.5 Å². The van der Waals surface area contributed by atoms with Crippen molar-refractivity contribution in [2.75, 3.05) is 38.3 Å². The molecule has 3 rings (SSSR count). The Morgan fingerprint density at radius 1 is 1.40 bits per heavy atom. The van der Waals surface area contributed by atoms with Crippen LogP contribution in [0, 0.1) is 5.92 Å². The van der Waals surface area contributed by atoms with E-state index in [1.54, 1.807) is 7.11 Å². The molecule has 1 aromatic carbocycles. The van der Waals surface area contributed by atoms with Crippen LogP contribution in [0.2, 0.25) is 0 Å². The zero-order valence-electron chi connectivity index (χ0n) is 15.2. The summed E-state index contributed by atoms with van der Waals surface area (Å²) in [7, 11) is 1.65. The Morgan fingerprint density at radius 2 is 2.24 bits per heavy atom. The van der Waals surface area contributed by atoms with Crippen LogP contribution in [0.4, 0.5) is 5.95 Å². The number of nitrogens with zero attached hydrogens (tertiary/aromatic N) is 3. The number of ether oxygens (including phenoxy) is 1. The predicted molar refractivity (Wildman–Crippen MR) is 99.8 cm³/mol. The number of piperidine rings is 1. The molecule has 6 nitrogen and oxygen atoms in total. The Bertz CT molecular complexity index is 713. The topological polar surface area (TPSA) is 59.4 Å². The summed E-state index contributed by atoms with van der Waals surface area (Å²) in [4.78, 5) is 19.6. The lowest BCUT2D eigenvalue weighted by molar-refractivity contribution is -0.125. The maximum Gasteiger partial charge on any atom is 0.224 e. The van der Waals surface area contributed by atoms with Gasteiger partial charge in [0.2, 0.25) is 11.9 Å². The highest BCUT2D eigenvalue weighted by Gasteiger charge is 2.28. The van der Waals surface area contributed by atoms with Gasteiger partial charge in [-0.3, -0.25) is 4.79 Å². The average Bonchev–Trinajstić information content (AvgIpc) is 3.01. The SMILES string of the molecule is CCCn1c(N2CCCC(C(=O)NCCOC)C2)nc2ccccc21. The molecule has 6 heteroatoms. The number of carbonyl (C=O) groups excluding carboxylic acids is 1. The molecule has 0 bridgehead atoms. The average molecular weight is 344 g/mol. The maximum absolute atomic E-state index is 12.4. The lowest BCUT2D eigenvalue weighted by Gasteiger charge is -2.33. The first-order chi connectivity index (χ1) is 12.2. The van der Waals surface area contributed by atoms with E-state index in [4.69, 9.17) is 9.72 Å². The van der Waals surface area contributed by atoms with Crippen molar-refractivity contribution in [3.63, 3.8) is 0 Å². The summed E-state index contributed by atoms with van der Waals surface area (Å²) in [5.74, 6) is 1.14. The summed E-state index contributed by atoms with van der Waals surface area (Å²) in [6.45, 7) is 5.92. The molecule has 0 aliphatic carbocycles. The number of fused-ring (bicyclic) bond motifs is 1. The fourth-order valence-electron chi connectivity index (χ4n) is 3.54. The van der Waals surface area contributed by atoms with Gasteiger partial charge in [-0.05, 0) is 31.4 Å². The molecule has 0 radical (unpaired) electrons. The highest BCUT2D eigenvalue weighted by Crippen LogP contribution is 2.27. The smallest absolute Gasteiger partial charge is 0.224 e. The number of hydrogen-bond acceptors (Lipinski definition) is 4. The van der Waals surface area contributed by atoms with Crippen molar-refractivity contribution in [1.29, 1.82) is 0 Å². The molecule has 1 amide bonds. The number of aryl methyl sites for hydroxylation is 1. The first kappa shape index (κ1) is 17.7. The zero-order chi connectivity index (χ0) is 17.6. The van der Waals surface area contributed by atoms with Gasteiger partial charge >= 0.3 is 0 Å². The molecule has 1 aliphatic heterocycles. The number of rotatable bonds is 7. The Labute approximate surface area is 149 Å². The van der Waals surface area contributed by atoms with Crippen LogP contribution >= 0.6 is 0 Å². The molecule has 25 heavy (non-hydrogen) atoms. The molecule has 2 aromatic rings. The third-order valence-electron chi connectivity index (χ3n) is 4.76. The standard InChI is InChI=1S/C19H28N4O2/c1-3-11-23-17-9-5-4-8-16(17)21-19(23)22-12-6-7-15(14-22)18(24)20-10-13-25-2/h4-5,8-9,15H,3,6-7,10-14H2,1-2H3,(H,20,24). The van der Waals surface area contributed by atoms with Crippen molar-refractivity contribution < 1.29 is 9.53 Å². The molecule has 1 N–H and O–H groups in total. The van der Waals surface area contributed by atoms with Crippen molar-refractivity contribution >= 4 is 22.9 Å². The molecule has 0 spiro atoms. The van der Waals surface area contributed by atoms with Crippen LogP contribution in [-0.2, 0) is 16.1 Å². The number of benzene rings is 1. The van der Waals surface area contributed by atoms with Gasteiger partial charge in [-0.25, -0.2) is 4.98 Å². The lowest BCUT2D eigenvalue weighted by atomic mass is 9.97. The number of para-hydroxylation sites is 2. The number of amides is 1. The van der Waals surface area contributed by atoms with E-state index < -0.39 is 0 Å². The minimum absolute atomic E-state index is 0.0143. The van der Waals surface area contributed by atoms with Crippen LogP contribution in [0.5, 0.6) is 0 Å². The molecule has 136 valence electrons. The summed E-state index contributed by atoms with van der Waals surface area (Å²) in [5.41, 5.74) is 2.20. The van der Waals surface area contributed by atoms with Gasteiger partial charge in [0.25, 0.3) is 0 Å². The highest BCUT2D eigenvalue weighted by atomic mass is 16.5. The number of carbonyl (C=O) groups is 1. The van der Waals surface area contributed by atoms with Gasteiger partial charge in [0.05, 0.1) is 23.6 Å². The molecular weight excluding hydrogens is 316 g/mol. The third kappa shape index (κ3) is 3.95. The van der Waals surface area contributed by atoms with Gasteiger partial charge in [0, 0.05) is 33.3 Å². The quantitative estimate of drug-likeness (QED) is 0.784. The van der Waals surface area contributed by atoms with E-state index in [0.717, 1.165) is 50.4 Å². The molecule has 0 saturated carbocycles. The lowest BCUT2D eigenvalue weighted by Crippen LogP contribution is -2.44. The van der Waals surface area contributed by atoms with Crippen LogP contribution in [-0.4, -0.2) is 48.8 Å². The molecule has 1 fully saturated rings. The summed E-state index contributed by atoms with van der Waals surface area (Å²) in [6.07, 6.45) is 3.00. The minimum Gasteiger partial charge on any atom is -0.383 e. The monoisotopic (exact) mass is 344 g/mol. The molecule has 1 aromatic heterocycles. The first-order valence-corrected chi connectivity index (χ1v) is 9.21. The second-order valence-corrected chi connectivity index (χ2v) is 6.62. The minimum atomic E-state index is 0.0143. The van der Waals surface area contributed by atoms with E-state index >= 15 is 0 Å². The Balaban J connectivity index is 1.78. The van der Waals surface area contributed by atoms with Gasteiger partial charge in [0.15, 0.2) is 0 Å². The number of anilines is 1. The van der Waals surface area contributed by atoms with Crippen LogP contribution in [0.25, 0.3) is 11.0 Å². The molecule has 2 heterocycles. The van der Waals surface area contributed by atoms with Gasteiger partial charge in [0.1, 0.15) is 0 Å². The van der Waals surface area contributed by atoms with Crippen molar-refractivity contribution in [3.8, 4) is 0 Å².